The van der Waals surface area contributed by atoms with Gasteiger partial charge in [-0.2, -0.15) is 36.7 Å². The van der Waals surface area contributed by atoms with Crippen LogP contribution in [0.1, 0.15) is 57.7 Å². The molecule has 0 fully saturated rings. The van der Waals surface area contributed by atoms with Gasteiger partial charge in [-0.25, -0.2) is 5.01 Å². The molecule has 39 heavy (non-hydrogen) atoms. The van der Waals surface area contributed by atoms with Gasteiger partial charge in [0.05, 0.1) is 28.5 Å². The lowest BCUT2D eigenvalue weighted by Crippen LogP contribution is -2.21. The molecule has 0 spiro atoms. The quantitative estimate of drug-likeness (QED) is 0.0808. The minimum absolute atomic E-state index is 0.0330. The predicted molar refractivity (Wildman–Crippen MR) is 139 cm³/mol. The molecule has 210 valence electrons. The first-order chi connectivity index (χ1) is 18.0. The molecule has 0 aliphatic carbocycles. The zero-order valence-corrected chi connectivity index (χ0v) is 22.2. The minimum Gasteiger partial charge on any atom is -0.366 e. The second-order valence-electron chi connectivity index (χ2n) is 8.70. The second kappa shape index (κ2) is 13.6. The Labute approximate surface area is 224 Å². The highest BCUT2D eigenvalue weighted by atomic mass is 19.4. The highest BCUT2D eigenvalue weighted by Crippen LogP contribution is 2.37. The maximum atomic E-state index is 13.4. The maximum absolute atomic E-state index is 13.4. The molecule has 0 aromatic heterocycles. The van der Waals surface area contributed by atoms with Crippen LogP contribution in [0.25, 0.3) is 0 Å². The molecule has 11 heteroatoms. The van der Waals surface area contributed by atoms with Gasteiger partial charge in [0.2, 0.25) is 0 Å². The highest BCUT2D eigenvalue weighted by Gasteiger charge is 2.37. The monoisotopic (exact) mass is 552 g/mol. The number of benzene rings is 1. The number of primary amides is 1. The summed E-state index contributed by atoms with van der Waals surface area (Å²) in [5.41, 5.74) is 3.28. The van der Waals surface area contributed by atoms with Crippen LogP contribution in [0.15, 0.2) is 82.8 Å². The maximum Gasteiger partial charge on any atom is 0.416 e. The van der Waals surface area contributed by atoms with Crippen LogP contribution < -0.4 is 5.73 Å². The summed E-state index contributed by atoms with van der Waals surface area (Å²) in [6.45, 7) is 11.9. The van der Waals surface area contributed by atoms with Gasteiger partial charge < -0.3 is 5.73 Å². The van der Waals surface area contributed by atoms with E-state index in [9.17, 15) is 36.4 Å². The number of nitrogens with two attached hydrogens (primary N) is 1. The van der Waals surface area contributed by atoms with Gasteiger partial charge in [0, 0.05) is 18.0 Å². The summed E-state index contributed by atoms with van der Waals surface area (Å²) in [6.07, 6.45) is -2.64. The van der Waals surface area contributed by atoms with Crippen molar-refractivity contribution in [3.63, 3.8) is 0 Å². The van der Waals surface area contributed by atoms with Crippen LogP contribution in [0.5, 0.6) is 0 Å². The van der Waals surface area contributed by atoms with Crippen LogP contribution >= 0.6 is 0 Å². The number of carbonyl (C=O) groups excluding carboxylic acids is 1. The third-order valence-corrected chi connectivity index (χ3v) is 5.39. The number of hydrogen-bond acceptors (Lipinski definition) is 4. The van der Waals surface area contributed by atoms with E-state index < -0.39 is 40.9 Å². The number of hydrazone groups is 1. The third-order valence-electron chi connectivity index (χ3n) is 5.39. The van der Waals surface area contributed by atoms with Gasteiger partial charge in [-0.1, -0.05) is 45.1 Å². The molecule has 1 rings (SSSR count). The molecule has 2 N–H and O–H groups in total. The zero-order chi connectivity index (χ0) is 30.1. The molecule has 0 saturated carbocycles. The number of rotatable bonds is 10. The number of allylic oxidation sites excluding steroid dienone is 5. The molecule has 0 bridgehead atoms. The molecule has 0 aliphatic heterocycles. The highest BCUT2D eigenvalue weighted by molar-refractivity contribution is 6.02. The van der Waals surface area contributed by atoms with Crippen molar-refractivity contribution in [3.8, 4) is 6.07 Å². The van der Waals surface area contributed by atoms with Crippen molar-refractivity contribution in [1.82, 2.24) is 5.01 Å². The number of alkyl halides is 6. The summed E-state index contributed by atoms with van der Waals surface area (Å²) in [5, 5.41) is 14.6. The van der Waals surface area contributed by atoms with E-state index in [2.05, 4.69) is 11.7 Å². The molecule has 0 atom stereocenters. The second-order valence-corrected chi connectivity index (χ2v) is 8.70. The number of nitriles is 1. The van der Waals surface area contributed by atoms with Gasteiger partial charge in [-0.05, 0) is 61.6 Å². The van der Waals surface area contributed by atoms with Gasteiger partial charge in [-0.3, -0.25) is 4.79 Å². The van der Waals surface area contributed by atoms with Crippen LogP contribution in [-0.2, 0) is 17.1 Å². The lowest BCUT2D eigenvalue weighted by atomic mass is 9.95. The molecule has 0 heterocycles. The van der Waals surface area contributed by atoms with Crippen LogP contribution in [0.2, 0.25) is 0 Å². The fourth-order valence-electron chi connectivity index (χ4n) is 3.18. The summed E-state index contributed by atoms with van der Waals surface area (Å²) in [5.74, 6) is -1.56. The van der Waals surface area contributed by atoms with Crippen molar-refractivity contribution in [1.29, 1.82) is 5.26 Å². The van der Waals surface area contributed by atoms with Gasteiger partial charge in [0.15, 0.2) is 0 Å². The summed E-state index contributed by atoms with van der Waals surface area (Å²) < 4.78 is 80.6. The minimum atomic E-state index is -5.04. The standard InChI is InChI=1S/C28H30F6N4O/c1-7-18(6)10-20(11-19(8-2)15-35)24(26(36)39)16-38(9-3)37-25(17(4)5)21-12-22(27(29,30)31)14-23(13-21)28(32,33)34/h8-14,16-17H,3,7H2,1-2,4-6H3,(H2,36,39)/b18-10+,19-8+,20-11+,24-16+,37-25+. The fraction of sp³-hybridized carbons (Fsp3) is 0.321. The van der Waals surface area contributed by atoms with E-state index in [0.717, 1.165) is 23.0 Å². The Morgan fingerprint density at radius 3 is 2.03 bits per heavy atom. The van der Waals surface area contributed by atoms with Crippen LogP contribution in [-0.4, -0.2) is 16.6 Å². The molecule has 0 aliphatic rings. The normalized spacial score (nSPS) is 14.4. The van der Waals surface area contributed by atoms with Crippen molar-refractivity contribution in [3.05, 3.63) is 94.4 Å². The van der Waals surface area contributed by atoms with Crippen LogP contribution in [0.4, 0.5) is 26.3 Å². The Morgan fingerprint density at radius 2 is 1.67 bits per heavy atom. The summed E-state index contributed by atoms with van der Waals surface area (Å²) in [7, 11) is 0. The van der Waals surface area contributed by atoms with E-state index in [1.165, 1.54) is 26.0 Å². The average molecular weight is 553 g/mol. The van der Waals surface area contributed by atoms with E-state index in [0.29, 0.717) is 18.6 Å². The largest absolute Gasteiger partial charge is 0.416 e. The first kappa shape index (κ1) is 33.0. The van der Waals surface area contributed by atoms with Crippen molar-refractivity contribution in [2.75, 3.05) is 0 Å². The van der Waals surface area contributed by atoms with Gasteiger partial charge in [0.25, 0.3) is 5.91 Å². The van der Waals surface area contributed by atoms with Crippen molar-refractivity contribution < 1.29 is 31.1 Å². The third kappa shape index (κ3) is 9.63. The lowest BCUT2D eigenvalue weighted by Gasteiger charge is -2.20. The molecule has 5 nitrogen and oxygen atoms in total. The number of hydrogen-bond donors (Lipinski definition) is 1. The lowest BCUT2D eigenvalue weighted by molar-refractivity contribution is -0.143. The predicted octanol–water partition coefficient (Wildman–Crippen LogP) is 7.65. The molecular formula is C28H30F6N4O. The summed E-state index contributed by atoms with van der Waals surface area (Å²) in [6, 6.07) is 3.16. The van der Waals surface area contributed by atoms with E-state index in [-0.39, 0.29) is 28.5 Å². The zero-order valence-electron chi connectivity index (χ0n) is 22.2. The van der Waals surface area contributed by atoms with Crippen molar-refractivity contribution in [2.45, 2.75) is 53.4 Å². The molecule has 0 saturated heterocycles. The molecule has 1 aromatic carbocycles. The summed E-state index contributed by atoms with van der Waals surface area (Å²) in [4.78, 5) is 12.4. The van der Waals surface area contributed by atoms with Gasteiger partial charge >= 0.3 is 12.4 Å². The average Bonchev–Trinajstić information content (AvgIpc) is 2.84. The molecule has 1 amide bonds. The number of halogens is 6. The molecule has 0 radical (unpaired) electrons. The van der Waals surface area contributed by atoms with E-state index in [4.69, 9.17) is 5.73 Å². The van der Waals surface area contributed by atoms with Crippen molar-refractivity contribution in [2.24, 2.45) is 16.8 Å². The van der Waals surface area contributed by atoms with Gasteiger partial charge in [-0.15, -0.1) is 0 Å². The molecule has 0 unspecified atom stereocenters. The number of nitrogens with zero attached hydrogens (tertiary/aromatic N) is 3. The topological polar surface area (TPSA) is 82.5 Å². The fourth-order valence-corrected chi connectivity index (χ4v) is 3.18. The number of amides is 1. The van der Waals surface area contributed by atoms with Gasteiger partial charge in [0.1, 0.15) is 0 Å². The Balaban J connectivity index is 3.95. The first-order valence-corrected chi connectivity index (χ1v) is 11.7. The Bertz CT molecular complexity index is 1240. The Hall–Kier alpha value is -4.07. The SMILES string of the molecule is C=CN(/C=C(/C(N)=O)C(=C/C(C#N)=C\C)/C=C(\C)CC)/N=C(/c1cc(C(F)(F)F)cc(C(F)(F)F)c1)C(C)C. The van der Waals surface area contributed by atoms with E-state index >= 15 is 0 Å². The Morgan fingerprint density at radius 1 is 1.13 bits per heavy atom. The summed E-state index contributed by atoms with van der Waals surface area (Å²) >= 11 is 0. The van der Waals surface area contributed by atoms with Crippen LogP contribution in [0.3, 0.4) is 0 Å². The number of carbonyl (C=O) groups is 1. The van der Waals surface area contributed by atoms with E-state index in [1.54, 1.807) is 19.9 Å². The Kier molecular flexibility index (Phi) is 11.5. The van der Waals surface area contributed by atoms with E-state index in [1.807, 2.05) is 13.0 Å². The first-order valence-electron chi connectivity index (χ1n) is 11.7. The van der Waals surface area contributed by atoms with Crippen LogP contribution in [0, 0.1) is 17.2 Å². The molecule has 1 aromatic rings. The smallest absolute Gasteiger partial charge is 0.366 e. The molecular weight excluding hydrogens is 522 g/mol. The van der Waals surface area contributed by atoms with Crippen molar-refractivity contribution >= 4 is 11.6 Å².